The van der Waals surface area contributed by atoms with E-state index in [1.165, 1.54) is 25.1 Å². The lowest BCUT2D eigenvalue weighted by atomic mass is 9.96. The van der Waals surface area contributed by atoms with Crippen LogP contribution in [0.5, 0.6) is 5.75 Å². The lowest BCUT2D eigenvalue weighted by molar-refractivity contribution is -0.274. The van der Waals surface area contributed by atoms with Gasteiger partial charge in [0.2, 0.25) is 10.0 Å². The van der Waals surface area contributed by atoms with Crippen molar-refractivity contribution in [2.45, 2.75) is 37.4 Å². The smallest absolute Gasteiger partial charge is 0.405 e. The molecule has 0 saturated heterocycles. The summed E-state index contributed by atoms with van der Waals surface area (Å²) in [5.74, 6) is -1.26. The number of allylic oxidation sites excluding steroid dienone is 2. The maximum absolute atomic E-state index is 14.2. The fraction of sp³-hybridized carbons (Fsp3) is 0.263. The van der Waals surface area contributed by atoms with Crippen LogP contribution in [-0.4, -0.2) is 14.8 Å². The van der Waals surface area contributed by atoms with Crippen molar-refractivity contribution in [2.75, 3.05) is 0 Å². The highest BCUT2D eigenvalue weighted by Gasteiger charge is 2.32. The van der Waals surface area contributed by atoms with Gasteiger partial charge < -0.3 is 4.74 Å². The Balaban J connectivity index is 2.06. The molecule has 0 aromatic heterocycles. The second-order valence-electron chi connectivity index (χ2n) is 6.53. The first-order valence-electron chi connectivity index (χ1n) is 8.37. The first-order chi connectivity index (χ1) is 13.0. The SMILES string of the molecule is Cc1ccc(C2=C(c3ccc(S(N)(=O)=O)c(F)c3)CCC2)cc1OC(F)(F)F. The van der Waals surface area contributed by atoms with E-state index in [1.54, 1.807) is 6.07 Å². The summed E-state index contributed by atoms with van der Waals surface area (Å²) >= 11 is 0. The van der Waals surface area contributed by atoms with Gasteiger partial charge in [-0.3, -0.25) is 0 Å². The van der Waals surface area contributed by atoms with Crippen LogP contribution in [0.4, 0.5) is 17.6 Å². The second kappa shape index (κ2) is 7.21. The molecule has 0 atom stereocenters. The number of benzene rings is 2. The Morgan fingerprint density at radius 2 is 1.57 bits per heavy atom. The summed E-state index contributed by atoms with van der Waals surface area (Å²) in [4.78, 5) is -0.604. The first kappa shape index (κ1) is 20.3. The molecule has 28 heavy (non-hydrogen) atoms. The van der Waals surface area contributed by atoms with E-state index in [-0.39, 0.29) is 5.75 Å². The zero-order chi connectivity index (χ0) is 20.7. The van der Waals surface area contributed by atoms with Crippen LogP contribution in [0, 0.1) is 12.7 Å². The number of primary sulfonamides is 1. The van der Waals surface area contributed by atoms with Gasteiger partial charge in [0.15, 0.2) is 0 Å². The van der Waals surface area contributed by atoms with Gasteiger partial charge >= 0.3 is 6.36 Å². The summed E-state index contributed by atoms with van der Waals surface area (Å²) in [5, 5.41) is 4.98. The van der Waals surface area contributed by atoms with E-state index < -0.39 is 27.1 Å². The molecule has 0 unspecified atom stereocenters. The number of ether oxygens (including phenoxy) is 1. The van der Waals surface area contributed by atoms with Crippen LogP contribution in [0.3, 0.4) is 0 Å². The molecule has 9 heteroatoms. The van der Waals surface area contributed by atoms with Crippen molar-refractivity contribution >= 4 is 21.2 Å². The predicted octanol–water partition coefficient (Wildman–Crippen LogP) is 4.77. The molecule has 150 valence electrons. The summed E-state index contributed by atoms with van der Waals surface area (Å²) in [5.41, 5.74) is 2.88. The molecule has 0 saturated carbocycles. The minimum absolute atomic E-state index is 0.292. The normalized spacial score (nSPS) is 15.2. The standard InChI is InChI=1S/C19H17F4NO3S/c1-11-5-6-13(10-17(11)27-19(21,22)23)15-4-2-3-14(15)12-7-8-18(16(20)9-12)28(24,25)26/h5-10H,2-4H2,1H3,(H2,24,25,26). The summed E-state index contributed by atoms with van der Waals surface area (Å²) in [6, 6.07) is 8.17. The van der Waals surface area contributed by atoms with Crippen molar-refractivity contribution in [3.8, 4) is 5.75 Å². The number of aryl methyl sites for hydroxylation is 1. The Bertz CT molecular complexity index is 1060. The Labute approximate surface area is 159 Å². The minimum Gasteiger partial charge on any atom is -0.405 e. The zero-order valence-corrected chi connectivity index (χ0v) is 15.6. The van der Waals surface area contributed by atoms with Gasteiger partial charge in [-0.1, -0.05) is 18.2 Å². The van der Waals surface area contributed by atoms with Crippen molar-refractivity contribution in [1.82, 2.24) is 0 Å². The topological polar surface area (TPSA) is 69.4 Å². The van der Waals surface area contributed by atoms with E-state index in [1.807, 2.05) is 0 Å². The van der Waals surface area contributed by atoms with Gasteiger partial charge in [0.1, 0.15) is 16.5 Å². The molecular weight excluding hydrogens is 398 g/mol. The minimum atomic E-state index is -4.80. The van der Waals surface area contributed by atoms with E-state index >= 15 is 0 Å². The first-order valence-corrected chi connectivity index (χ1v) is 9.92. The average Bonchev–Trinajstić information content (AvgIpc) is 3.04. The predicted molar refractivity (Wildman–Crippen MR) is 96.3 cm³/mol. The Kier molecular flexibility index (Phi) is 5.24. The summed E-state index contributed by atoms with van der Waals surface area (Å²) in [7, 11) is -4.18. The highest BCUT2D eigenvalue weighted by atomic mass is 32.2. The quantitative estimate of drug-likeness (QED) is 0.731. The third-order valence-electron chi connectivity index (χ3n) is 4.57. The van der Waals surface area contributed by atoms with E-state index in [2.05, 4.69) is 4.74 Å². The summed E-state index contributed by atoms with van der Waals surface area (Å²) in [6.07, 6.45) is -2.87. The molecule has 0 bridgehead atoms. The third-order valence-corrected chi connectivity index (χ3v) is 5.51. The van der Waals surface area contributed by atoms with Crippen LogP contribution in [0.2, 0.25) is 0 Å². The molecule has 0 amide bonds. The fourth-order valence-electron chi connectivity index (χ4n) is 3.32. The zero-order valence-electron chi connectivity index (χ0n) is 14.8. The van der Waals surface area contributed by atoms with Gasteiger partial charge in [-0.2, -0.15) is 0 Å². The van der Waals surface area contributed by atoms with Crippen molar-refractivity contribution in [2.24, 2.45) is 5.14 Å². The lowest BCUT2D eigenvalue weighted by Crippen LogP contribution is -2.17. The molecule has 1 aliphatic carbocycles. The molecule has 0 spiro atoms. The Morgan fingerprint density at radius 3 is 2.11 bits per heavy atom. The molecule has 0 fully saturated rings. The van der Waals surface area contributed by atoms with E-state index in [9.17, 15) is 26.0 Å². The molecule has 0 heterocycles. The van der Waals surface area contributed by atoms with Crippen LogP contribution in [-0.2, 0) is 10.0 Å². The number of nitrogens with two attached hydrogens (primary N) is 1. The average molecular weight is 415 g/mol. The molecular formula is C19H17F4NO3S. The Hall–Kier alpha value is -2.39. The van der Waals surface area contributed by atoms with Gasteiger partial charge in [-0.15, -0.1) is 13.2 Å². The maximum atomic E-state index is 14.2. The molecule has 2 aromatic carbocycles. The third kappa shape index (κ3) is 4.36. The van der Waals surface area contributed by atoms with Crippen molar-refractivity contribution in [3.63, 3.8) is 0 Å². The molecule has 2 N–H and O–H groups in total. The maximum Gasteiger partial charge on any atom is 0.573 e. The van der Waals surface area contributed by atoms with Crippen LogP contribution < -0.4 is 9.88 Å². The monoisotopic (exact) mass is 415 g/mol. The van der Waals surface area contributed by atoms with Gasteiger partial charge in [-0.05, 0) is 72.2 Å². The second-order valence-corrected chi connectivity index (χ2v) is 8.06. The van der Waals surface area contributed by atoms with Crippen molar-refractivity contribution < 1.29 is 30.7 Å². The highest BCUT2D eigenvalue weighted by Crippen LogP contribution is 2.41. The van der Waals surface area contributed by atoms with Crippen molar-refractivity contribution in [1.29, 1.82) is 0 Å². The summed E-state index contributed by atoms with van der Waals surface area (Å²) in [6.45, 7) is 1.51. The number of sulfonamides is 1. The number of hydrogen-bond acceptors (Lipinski definition) is 3. The van der Waals surface area contributed by atoms with Crippen molar-refractivity contribution in [3.05, 3.63) is 58.9 Å². The van der Waals surface area contributed by atoms with Crippen LogP contribution >= 0.6 is 0 Å². The highest BCUT2D eigenvalue weighted by molar-refractivity contribution is 7.89. The van der Waals surface area contributed by atoms with E-state index in [4.69, 9.17) is 5.14 Å². The molecule has 4 nitrogen and oxygen atoms in total. The number of rotatable bonds is 4. The largest absolute Gasteiger partial charge is 0.573 e. The van der Waals surface area contributed by atoms with E-state index in [0.717, 1.165) is 29.7 Å². The number of halogens is 4. The fourth-order valence-corrected chi connectivity index (χ4v) is 3.91. The van der Waals surface area contributed by atoms with Crippen LogP contribution in [0.25, 0.3) is 11.1 Å². The molecule has 0 radical (unpaired) electrons. The van der Waals surface area contributed by atoms with Gasteiger partial charge in [0, 0.05) is 0 Å². The number of hydrogen-bond donors (Lipinski definition) is 1. The van der Waals surface area contributed by atoms with Gasteiger partial charge in [-0.25, -0.2) is 17.9 Å². The summed E-state index contributed by atoms with van der Waals surface area (Å²) < 4.78 is 78.9. The number of alkyl halides is 3. The van der Waals surface area contributed by atoms with Crippen LogP contribution in [0.15, 0.2) is 41.3 Å². The molecule has 2 aromatic rings. The van der Waals surface area contributed by atoms with E-state index in [0.29, 0.717) is 29.5 Å². The molecule has 3 rings (SSSR count). The Morgan fingerprint density at radius 1 is 1.00 bits per heavy atom. The van der Waals surface area contributed by atoms with Crippen LogP contribution in [0.1, 0.15) is 36.0 Å². The molecule has 1 aliphatic rings. The van der Waals surface area contributed by atoms with Gasteiger partial charge in [0.05, 0.1) is 0 Å². The van der Waals surface area contributed by atoms with Gasteiger partial charge in [0.25, 0.3) is 0 Å². The lowest BCUT2D eigenvalue weighted by Gasteiger charge is -2.14. The molecule has 0 aliphatic heterocycles.